The summed E-state index contributed by atoms with van der Waals surface area (Å²) in [6.45, 7) is 11.5. The Bertz CT molecular complexity index is 429. The van der Waals surface area contributed by atoms with Gasteiger partial charge >= 0.3 is 0 Å². The van der Waals surface area contributed by atoms with E-state index < -0.39 is 0 Å². The first-order valence-corrected chi connectivity index (χ1v) is 9.23. The lowest BCUT2D eigenvalue weighted by Crippen LogP contribution is -2.60. The summed E-state index contributed by atoms with van der Waals surface area (Å²) in [4.78, 5) is 2.54. The summed E-state index contributed by atoms with van der Waals surface area (Å²) in [7, 11) is 0. The number of likely N-dealkylation sites (tertiary alicyclic amines) is 1. The van der Waals surface area contributed by atoms with Crippen LogP contribution >= 0.6 is 0 Å². The third-order valence-electron chi connectivity index (χ3n) is 4.93. The van der Waals surface area contributed by atoms with Gasteiger partial charge < -0.3 is 9.47 Å². The Kier molecular flexibility index (Phi) is 6.56. The summed E-state index contributed by atoms with van der Waals surface area (Å²) in [5.41, 5.74) is 0.0662. The molecule has 0 N–H and O–H groups in total. The zero-order valence-electron chi connectivity index (χ0n) is 15.1. The molecule has 3 fully saturated rings. The number of aromatic nitrogens is 3. The van der Waals surface area contributed by atoms with Crippen molar-refractivity contribution >= 4 is 0 Å². The van der Waals surface area contributed by atoms with E-state index in [2.05, 4.69) is 15.2 Å². The minimum absolute atomic E-state index is 0.0662. The van der Waals surface area contributed by atoms with Crippen LogP contribution in [0, 0.1) is 0 Å². The van der Waals surface area contributed by atoms with Crippen LogP contribution in [-0.2, 0) is 15.1 Å². The van der Waals surface area contributed by atoms with E-state index in [1.165, 1.54) is 19.3 Å². The van der Waals surface area contributed by atoms with Gasteiger partial charge in [0.1, 0.15) is 5.66 Å². The quantitative estimate of drug-likeness (QED) is 0.837. The highest BCUT2D eigenvalue weighted by Crippen LogP contribution is 2.44. The summed E-state index contributed by atoms with van der Waals surface area (Å²) in [6.07, 6.45) is 9.30. The fourth-order valence-electron chi connectivity index (χ4n) is 3.66. The first-order valence-electron chi connectivity index (χ1n) is 9.23. The molecule has 2 aliphatic heterocycles. The Labute approximate surface area is 140 Å². The van der Waals surface area contributed by atoms with Gasteiger partial charge in [-0.3, -0.25) is 4.90 Å². The Morgan fingerprint density at radius 2 is 1.52 bits per heavy atom. The van der Waals surface area contributed by atoms with Crippen molar-refractivity contribution in [3.63, 3.8) is 0 Å². The molecule has 0 amide bonds. The second-order valence-corrected chi connectivity index (χ2v) is 5.78. The number of hydrogen-bond donors (Lipinski definition) is 0. The molecule has 0 radical (unpaired) electrons. The molecule has 3 heterocycles. The summed E-state index contributed by atoms with van der Waals surface area (Å²) in [5, 5.41) is 8.21. The minimum atomic E-state index is -0.288. The second-order valence-electron chi connectivity index (χ2n) is 5.78. The van der Waals surface area contributed by atoms with E-state index in [1.54, 1.807) is 6.20 Å². The third kappa shape index (κ3) is 3.44. The van der Waals surface area contributed by atoms with E-state index in [-0.39, 0.29) is 11.4 Å². The van der Waals surface area contributed by atoms with Crippen LogP contribution < -0.4 is 0 Å². The minimum Gasteiger partial charge on any atom is -0.347 e. The SMILES string of the molecule is CC.CC.c1cn(C2(N3CCC4(CC3)OCCO4)CCC2)nn1. The monoisotopic (exact) mass is 324 g/mol. The largest absolute Gasteiger partial charge is 0.347 e. The highest BCUT2D eigenvalue weighted by molar-refractivity contribution is 4.97. The van der Waals surface area contributed by atoms with Crippen molar-refractivity contribution in [2.75, 3.05) is 26.3 Å². The Hall–Kier alpha value is -0.980. The number of ether oxygens (including phenoxy) is 2. The molecule has 1 saturated carbocycles. The van der Waals surface area contributed by atoms with Crippen LogP contribution in [0.5, 0.6) is 0 Å². The fourth-order valence-corrected chi connectivity index (χ4v) is 3.66. The zero-order chi connectivity index (χ0) is 16.8. The van der Waals surface area contributed by atoms with E-state index in [1.807, 2.05) is 38.6 Å². The molecule has 0 unspecified atom stereocenters. The molecule has 6 nitrogen and oxygen atoms in total. The Morgan fingerprint density at radius 1 is 0.913 bits per heavy atom. The van der Waals surface area contributed by atoms with Crippen LogP contribution in [0.15, 0.2) is 12.4 Å². The lowest BCUT2D eigenvalue weighted by molar-refractivity contribution is -0.206. The lowest BCUT2D eigenvalue weighted by Gasteiger charge is -2.53. The number of piperidine rings is 1. The van der Waals surface area contributed by atoms with Crippen molar-refractivity contribution < 1.29 is 9.47 Å². The molecule has 2 saturated heterocycles. The first-order chi connectivity index (χ1) is 11.3. The molecule has 0 bridgehead atoms. The van der Waals surface area contributed by atoms with Gasteiger partial charge in [0.15, 0.2) is 5.79 Å². The number of hydrogen-bond acceptors (Lipinski definition) is 5. The molecule has 0 atom stereocenters. The average molecular weight is 324 g/mol. The van der Waals surface area contributed by atoms with Gasteiger partial charge in [0.25, 0.3) is 0 Å². The normalized spacial score (nSPS) is 24.9. The maximum atomic E-state index is 5.80. The van der Waals surface area contributed by atoms with Gasteiger partial charge in [-0.1, -0.05) is 32.9 Å². The molecule has 6 heteroatoms. The van der Waals surface area contributed by atoms with Crippen LogP contribution in [0.25, 0.3) is 0 Å². The van der Waals surface area contributed by atoms with Crippen LogP contribution in [0.1, 0.15) is 59.8 Å². The summed E-state index contributed by atoms with van der Waals surface area (Å²) < 4.78 is 13.6. The molecule has 1 spiro atoms. The second kappa shape index (κ2) is 8.22. The van der Waals surface area contributed by atoms with Gasteiger partial charge in [0.05, 0.1) is 19.4 Å². The van der Waals surface area contributed by atoms with Crippen LogP contribution in [-0.4, -0.2) is 52.0 Å². The van der Waals surface area contributed by atoms with Gasteiger partial charge in [0.2, 0.25) is 0 Å². The molecule has 0 aromatic carbocycles. The van der Waals surface area contributed by atoms with Gasteiger partial charge in [-0.25, -0.2) is 4.68 Å². The van der Waals surface area contributed by atoms with Crippen molar-refractivity contribution in [2.45, 2.75) is 71.2 Å². The van der Waals surface area contributed by atoms with Crippen molar-refractivity contribution in [3.8, 4) is 0 Å². The predicted molar refractivity (Wildman–Crippen MR) is 90.0 cm³/mol. The van der Waals surface area contributed by atoms with Crippen molar-refractivity contribution in [2.24, 2.45) is 0 Å². The average Bonchev–Trinajstić information content (AvgIpc) is 3.25. The van der Waals surface area contributed by atoms with Gasteiger partial charge in [-0.2, -0.15) is 0 Å². The summed E-state index contributed by atoms with van der Waals surface area (Å²) in [5.74, 6) is -0.288. The maximum Gasteiger partial charge on any atom is 0.170 e. The van der Waals surface area contributed by atoms with Crippen molar-refractivity contribution in [1.29, 1.82) is 0 Å². The lowest BCUT2D eigenvalue weighted by atomic mass is 9.81. The van der Waals surface area contributed by atoms with E-state index in [0.29, 0.717) is 0 Å². The molecule has 4 rings (SSSR count). The van der Waals surface area contributed by atoms with E-state index >= 15 is 0 Å². The van der Waals surface area contributed by atoms with Crippen LogP contribution in [0.3, 0.4) is 0 Å². The maximum absolute atomic E-state index is 5.80. The summed E-state index contributed by atoms with van der Waals surface area (Å²) >= 11 is 0. The van der Waals surface area contributed by atoms with Gasteiger partial charge in [0, 0.05) is 32.1 Å². The molecule has 1 aliphatic carbocycles. The van der Waals surface area contributed by atoms with Gasteiger partial charge in [-0.15, -0.1) is 5.10 Å². The van der Waals surface area contributed by atoms with E-state index in [9.17, 15) is 0 Å². The summed E-state index contributed by atoms with van der Waals surface area (Å²) in [6, 6.07) is 0. The van der Waals surface area contributed by atoms with E-state index in [0.717, 1.165) is 39.1 Å². The highest BCUT2D eigenvalue weighted by Gasteiger charge is 2.49. The van der Waals surface area contributed by atoms with Gasteiger partial charge in [-0.05, 0) is 19.3 Å². The number of rotatable bonds is 2. The molecule has 1 aromatic rings. The topological polar surface area (TPSA) is 52.4 Å². The first kappa shape index (κ1) is 18.4. The smallest absolute Gasteiger partial charge is 0.170 e. The molecule has 23 heavy (non-hydrogen) atoms. The highest BCUT2D eigenvalue weighted by atomic mass is 16.7. The fraction of sp³-hybridized carbons (Fsp3) is 0.882. The standard InChI is InChI=1S/C13H20N4O2.2C2H6/c1-2-12(3-1,17-9-6-14-15-17)16-7-4-13(5-8-16)18-10-11-19-13;2*1-2/h6,9H,1-5,7-8,10-11H2;2*1-2H3. The predicted octanol–water partition coefficient (Wildman–Crippen LogP) is 3.01. The molecule has 3 aliphatic rings. The van der Waals surface area contributed by atoms with Crippen molar-refractivity contribution in [3.05, 3.63) is 12.4 Å². The zero-order valence-corrected chi connectivity index (χ0v) is 15.1. The third-order valence-corrected chi connectivity index (χ3v) is 4.93. The number of nitrogens with zero attached hydrogens (tertiary/aromatic N) is 4. The Morgan fingerprint density at radius 3 is 1.96 bits per heavy atom. The van der Waals surface area contributed by atoms with Crippen molar-refractivity contribution in [1.82, 2.24) is 19.9 Å². The van der Waals surface area contributed by atoms with Crippen LogP contribution in [0.2, 0.25) is 0 Å². The van der Waals surface area contributed by atoms with Crippen LogP contribution in [0.4, 0.5) is 0 Å². The molecule has 1 aromatic heterocycles. The molecular weight excluding hydrogens is 292 g/mol. The molecular formula is C17H32N4O2. The Balaban J connectivity index is 0.000000448. The molecule has 132 valence electrons. The van der Waals surface area contributed by atoms with E-state index in [4.69, 9.17) is 9.47 Å².